The first-order chi connectivity index (χ1) is 11.5. The first kappa shape index (κ1) is 18.0. The van der Waals surface area contributed by atoms with Gasteiger partial charge in [0.05, 0.1) is 17.9 Å². The summed E-state index contributed by atoms with van der Waals surface area (Å²) in [5, 5.41) is 2.71. The van der Waals surface area contributed by atoms with Crippen LogP contribution in [0.2, 0.25) is 0 Å². The van der Waals surface area contributed by atoms with E-state index in [1.807, 2.05) is 12.1 Å². The van der Waals surface area contributed by atoms with Gasteiger partial charge in [0.2, 0.25) is 0 Å². The number of para-hydroxylation sites is 1. The van der Waals surface area contributed by atoms with Crippen LogP contribution in [-0.4, -0.2) is 24.6 Å². The molecule has 0 aliphatic rings. The Morgan fingerprint density at radius 3 is 2.46 bits per heavy atom. The van der Waals surface area contributed by atoms with E-state index in [9.17, 15) is 9.59 Å². The zero-order valence-electron chi connectivity index (χ0n) is 13.4. The van der Waals surface area contributed by atoms with Crippen molar-refractivity contribution in [3.8, 4) is 5.75 Å². The fourth-order valence-corrected chi connectivity index (χ4v) is 2.25. The lowest BCUT2D eigenvalue weighted by atomic mass is 10.1. The van der Waals surface area contributed by atoms with Gasteiger partial charge in [-0.05, 0) is 50.2 Å². The summed E-state index contributed by atoms with van der Waals surface area (Å²) in [5.41, 5.74) is 0.704. The van der Waals surface area contributed by atoms with Crippen molar-refractivity contribution in [2.45, 2.75) is 20.0 Å². The third kappa shape index (κ3) is 4.83. The highest BCUT2D eigenvalue weighted by Crippen LogP contribution is 2.19. The predicted octanol–water partition coefficient (Wildman–Crippen LogP) is 4.03. The fraction of sp³-hybridized carbons (Fsp3) is 0.222. The molecule has 2 rings (SSSR count). The SMILES string of the molecule is CCOC(=O)c1ccccc1NC(=O)[C@H](C)Oc1ccc(Br)cc1. The average Bonchev–Trinajstić information content (AvgIpc) is 2.57. The Morgan fingerprint density at radius 1 is 1.12 bits per heavy atom. The second-order valence-electron chi connectivity index (χ2n) is 4.97. The largest absolute Gasteiger partial charge is 0.481 e. The van der Waals surface area contributed by atoms with E-state index in [1.165, 1.54) is 0 Å². The molecule has 0 saturated heterocycles. The number of amides is 1. The zero-order chi connectivity index (χ0) is 17.5. The Balaban J connectivity index is 2.06. The van der Waals surface area contributed by atoms with Crippen molar-refractivity contribution in [3.63, 3.8) is 0 Å². The molecule has 24 heavy (non-hydrogen) atoms. The molecule has 0 bridgehead atoms. The Morgan fingerprint density at radius 2 is 1.79 bits per heavy atom. The van der Waals surface area contributed by atoms with Gasteiger partial charge in [-0.3, -0.25) is 4.79 Å². The summed E-state index contributed by atoms with van der Waals surface area (Å²) >= 11 is 3.34. The first-order valence-electron chi connectivity index (χ1n) is 7.50. The predicted molar refractivity (Wildman–Crippen MR) is 95.3 cm³/mol. The quantitative estimate of drug-likeness (QED) is 0.754. The number of anilines is 1. The number of halogens is 1. The second kappa shape index (κ2) is 8.49. The summed E-state index contributed by atoms with van der Waals surface area (Å²) < 4.78 is 11.5. The molecular formula is C18H18BrNO4. The Labute approximate surface area is 149 Å². The number of esters is 1. The lowest BCUT2D eigenvalue weighted by Gasteiger charge is -2.16. The standard InChI is InChI=1S/C18H18BrNO4/c1-3-23-18(22)15-6-4-5-7-16(15)20-17(21)12(2)24-14-10-8-13(19)9-11-14/h4-12H,3H2,1-2H3,(H,20,21)/t12-/m0/s1. The summed E-state index contributed by atoms with van der Waals surface area (Å²) in [4.78, 5) is 24.2. The van der Waals surface area contributed by atoms with Crippen LogP contribution in [-0.2, 0) is 9.53 Å². The van der Waals surface area contributed by atoms with Gasteiger partial charge >= 0.3 is 5.97 Å². The lowest BCUT2D eigenvalue weighted by Crippen LogP contribution is -2.30. The van der Waals surface area contributed by atoms with Crippen molar-refractivity contribution in [2.24, 2.45) is 0 Å². The molecule has 1 N–H and O–H groups in total. The van der Waals surface area contributed by atoms with Crippen molar-refractivity contribution >= 4 is 33.5 Å². The molecule has 0 saturated carbocycles. The van der Waals surface area contributed by atoms with Crippen LogP contribution in [0.5, 0.6) is 5.75 Å². The third-order valence-electron chi connectivity index (χ3n) is 3.18. The summed E-state index contributed by atoms with van der Waals surface area (Å²) in [5.74, 6) is -0.246. The summed E-state index contributed by atoms with van der Waals surface area (Å²) in [6.07, 6.45) is -0.721. The molecule has 0 aromatic heterocycles. The molecule has 0 fully saturated rings. The number of carbonyl (C=O) groups is 2. The molecule has 1 amide bonds. The van der Waals surface area contributed by atoms with Crippen LogP contribution in [0.15, 0.2) is 53.0 Å². The maximum atomic E-state index is 12.3. The van der Waals surface area contributed by atoms with Crippen LogP contribution in [0.4, 0.5) is 5.69 Å². The Kier molecular flexibility index (Phi) is 6.37. The van der Waals surface area contributed by atoms with E-state index in [0.717, 1.165) is 4.47 Å². The fourth-order valence-electron chi connectivity index (χ4n) is 1.98. The van der Waals surface area contributed by atoms with Gasteiger partial charge in [-0.15, -0.1) is 0 Å². The molecule has 0 heterocycles. The first-order valence-corrected chi connectivity index (χ1v) is 8.29. The van der Waals surface area contributed by atoms with Crippen LogP contribution >= 0.6 is 15.9 Å². The minimum absolute atomic E-state index is 0.268. The van der Waals surface area contributed by atoms with Crippen molar-refractivity contribution in [2.75, 3.05) is 11.9 Å². The molecule has 5 nitrogen and oxygen atoms in total. The molecule has 6 heteroatoms. The zero-order valence-corrected chi connectivity index (χ0v) is 15.0. The monoisotopic (exact) mass is 391 g/mol. The van der Waals surface area contributed by atoms with Crippen LogP contribution in [0, 0.1) is 0 Å². The minimum atomic E-state index is -0.721. The lowest BCUT2D eigenvalue weighted by molar-refractivity contribution is -0.122. The molecule has 126 valence electrons. The maximum absolute atomic E-state index is 12.3. The molecule has 2 aromatic carbocycles. The molecule has 2 aromatic rings. The highest BCUT2D eigenvalue weighted by Gasteiger charge is 2.18. The van der Waals surface area contributed by atoms with E-state index in [0.29, 0.717) is 17.0 Å². The number of hydrogen-bond donors (Lipinski definition) is 1. The van der Waals surface area contributed by atoms with E-state index < -0.39 is 12.1 Å². The van der Waals surface area contributed by atoms with Gasteiger partial charge in [0.25, 0.3) is 5.91 Å². The van der Waals surface area contributed by atoms with E-state index in [1.54, 1.807) is 50.2 Å². The number of carbonyl (C=O) groups excluding carboxylic acids is 2. The molecule has 0 radical (unpaired) electrons. The van der Waals surface area contributed by atoms with Gasteiger partial charge in [-0.25, -0.2) is 4.79 Å². The number of rotatable bonds is 6. The van der Waals surface area contributed by atoms with Crippen LogP contribution in [0.1, 0.15) is 24.2 Å². The van der Waals surface area contributed by atoms with Crippen LogP contribution in [0.3, 0.4) is 0 Å². The van der Waals surface area contributed by atoms with E-state index in [-0.39, 0.29) is 12.5 Å². The highest BCUT2D eigenvalue weighted by atomic mass is 79.9. The number of ether oxygens (including phenoxy) is 2. The number of benzene rings is 2. The molecule has 0 aliphatic carbocycles. The molecule has 0 aliphatic heterocycles. The smallest absolute Gasteiger partial charge is 0.340 e. The van der Waals surface area contributed by atoms with Crippen LogP contribution in [0.25, 0.3) is 0 Å². The van der Waals surface area contributed by atoms with E-state index in [2.05, 4.69) is 21.2 Å². The van der Waals surface area contributed by atoms with Gasteiger partial charge in [0.1, 0.15) is 5.75 Å². The summed E-state index contributed by atoms with van der Waals surface area (Å²) in [6.45, 7) is 3.64. The molecule has 0 spiro atoms. The van der Waals surface area contributed by atoms with Crippen molar-refractivity contribution < 1.29 is 19.1 Å². The Hall–Kier alpha value is -2.34. The maximum Gasteiger partial charge on any atom is 0.340 e. The van der Waals surface area contributed by atoms with Gasteiger partial charge in [-0.1, -0.05) is 28.1 Å². The molecule has 0 unspecified atom stereocenters. The topological polar surface area (TPSA) is 64.6 Å². The third-order valence-corrected chi connectivity index (χ3v) is 3.70. The van der Waals surface area contributed by atoms with Crippen molar-refractivity contribution in [1.82, 2.24) is 0 Å². The average molecular weight is 392 g/mol. The van der Waals surface area contributed by atoms with Gasteiger partial charge in [-0.2, -0.15) is 0 Å². The summed E-state index contributed by atoms with van der Waals surface area (Å²) in [7, 11) is 0. The number of hydrogen-bond acceptors (Lipinski definition) is 4. The Bertz CT molecular complexity index is 715. The van der Waals surface area contributed by atoms with Crippen molar-refractivity contribution in [3.05, 3.63) is 58.6 Å². The molecular weight excluding hydrogens is 374 g/mol. The molecule has 1 atom stereocenters. The van der Waals surface area contributed by atoms with Gasteiger partial charge in [0.15, 0.2) is 6.10 Å². The number of nitrogens with one attached hydrogen (secondary N) is 1. The summed E-state index contributed by atoms with van der Waals surface area (Å²) in [6, 6.07) is 13.9. The minimum Gasteiger partial charge on any atom is -0.481 e. The van der Waals surface area contributed by atoms with Crippen LogP contribution < -0.4 is 10.1 Å². The van der Waals surface area contributed by atoms with Gasteiger partial charge < -0.3 is 14.8 Å². The highest BCUT2D eigenvalue weighted by molar-refractivity contribution is 9.10. The normalized spacial score (nSPS) is 11.5. The van der Waals surface area contributed by atoms with E-state index in [4.69, 9.17) is 9.47 Å². The van der Waals surface area contributed by atoms with Crippen molar-refractivity contribution in [1.29, 1.82) is 0 Å². The second-order valence-corrected chi connectivity index (χ2v) is 5.88. The van der Waals surface area contributed by atoms with E-state index >= 15 is 0 Å². The van der Waals surface area contributed by atoms with Gasteiger partial charge in [0, 0.05) is 4.47 Å².